The van der Waals surface area contributed by atoms with Crippen LogP contribution in [-0.2, 0) is 4.74 Å². The van der Waals surface area contributed by atoms with Gasteiger partial charge in [0, 0.05) is 6.20 Å². The Labute approximate surface area is 98.8 Å². The van der Waals surface area contributed by atoms with Crippen molar-refractivity contribution in [1.29, 1.82) is 0 Å². The van der Waals surface area contributed by atoms with E-state index in [4.69, 9.17) is 5.73 Å². The van der Waals surface area contributed by atoms with E-state index in [1.807, 2.05) is 19.2 Å². The van der Waals surface area contributed by atoms with Gasteiger partial charge in [0.25, 0.3) is 0 Å². The highest BCUT2D eigenvalue weighted by molar-refractivity contribution is 5.91. The fraction of sp³-hybridized carbons (Fsp3) is 0.167. The van der Waals surface area contributed by atoms with Crippen molar-refractivity contribution in [2.24, 2.45) is 0 Å². The first-order chi connectivity index (χ1) is 8.11. The number of nitrogens with zero attached hydrogens (tertiary/aromatic N) is 2. The fourth-order valence-electron chi connectivity index (χ4n) is 1.56. The molecule has 1 heterocycles. The van der Waals surface area contributed by atoms with Gasteiger partial charge in [0.1, 0.15) is 0 Å². The lowest BCUT2D eigenvalue weighted by atomic mass is 10.2. The zero-order chi connectivity index (χ0) is 12.4. The highest BCUT2D eigenvalue weighted by Gasteiger charge is 2.09. The van der Waals surface area contributed by atoms with E-state index in [0.717, 1.165) is 11.4 Å². The Morgan fingerprint density at radius 2 is 2.18 bits per heavy atom. The third kappa shape index (κ3) is 2.13. The van der Waals surface area contributed by atoms with Crippen molar-refractivity contribution in [3.8, 4) is 5.69 Å². The van der Waals surface area contributed by atoms with Gasteiger partial charge in [-0.05, 0) is 31.2 Å². The second kappa shape index (κ2) is 4.29. The molecule has 0 saturated heterocycles. The molecule has 5 nitrogen and oxygen atoms in total. The van der Waals surface area contributed by atoms with Crippen molar-refractivity contribution in [3.05, 3.63) is 41.7 Å². The van der Waals surface area contributed by atoms with Gasteiger partial charge in [0.15, 0.2) is 0 Å². The lowest BCUT2D eigenvalue weighted by molar-refractivity contribution is 0.0601. The van der Waals surface area contributed by atoms with Crippen LogP contribution in [0.1, 0.15) is 16.1 Å². The molecular weight excluding hydrogens is 218 g/mol. The van der Waals surface area contributed by atoms with Crippen LogP contribution in [-0.4, -0.2) is 22.9 Å². The molecule has 2 N–H and O–H groups in total. The first-order valence-electron chi connectivity index (χ1n) is 5.12. The van der Waals surface area contributed by atoms with E-state index in [-0.39, 0.29) is 0 Å². The van der Waals surface area contributed by atoms with Crippen molar-refractivity contribution < 1.29 is 9.53 Å². The average Bonchev–Trinajstić information content (AvgIpc) is 2.74. The van der Waals surface area contributed by atoms with Gasteiger partial charge in [0.05, 0.1) is 29.7 Å². The van der Waals surface area contributed by atoms with E-state index in [0.29, 0.717) is 11.3 Å². The van der Waals surface area contributed by atoms with E-state index >= 15 is 0 Å². The van der Waals surface area contributed by atoms with Crippen LogP contribution in [0.5, 0.6) is 0 Å². The second-order valence-corrected chi connectivity index (χ2v) is 3.67. The van der Waals surface area contributed by atoms with Gasteiger partial charge in [-0.3, -0.25) is 0 Å². The molecule has 0 aliphatic carbocycles. The molecule has 0 aliphatic rings. The van der Waals surface area contributed by atoms with E-state index in [1.54, 1.807) is 22.9 Å². The number of carbonyl (C=O) groups excluding carboxylic acids is 1. The minimum Gasteiger partial charge on any atom is -0.465 e. The molecule has 0 atom stereocenters. The molecule has 17 heavy (non-hydrogen) atoms. The molecule has 0 spiro atoms. The lowest BCUT2D eigenvalue weighted by Crippen LogP contribution is -2.05. The van der Waals surface area contributed by atoms with Crippen LogP contribution in [0.15, 0.2) is 30.5 Å². The van der Waals surface area contributed by atoms with Gasteiger partial charge >= 0.3 is 5.97 Å². The van der Waals surface area contributed by atoms with Crippen LogP contribution in [0.2, 0.25) is 0 Å². The Bertz CT molecular complexity index is 561. The van der Waals surface area contributed by atoms with Gasteiger partial charge in [-0.1, -0.05) is 0 Å². The number of carbonyl (C=O) groups is 1. The normalized spacial score (nSPS) is 10.2. The van der Waals surface area contributed by atoms with Crippen molar-refractivity contribution in [1.82, 2.24) is 9.78 Å². The topological polar surface area (TPSA) is 70.1 Å². The average molecular weight is 231 g/mol. The number of ether oxygens (including phenoxy) is 1. The molecule has 0 bridgehead atoms. The Morgan fingerprint density at radius 1 is 1.41 bits per heavy atom. The molecule has 0 radical (unpaired) electrons. The summed E-state index contributed by atoms with van der Waals surface area (Å²) in [4.78, 5) is 11.3. The van der Waals surface area contributed by atoms with E-state index in [1.165, 1.54) is 7.11 Å². The Morgan fingerprint density at radius 3 is 2.71 bits per heavy atom. The van der Waals surface area contributed by atoms with Crippen molar-refractivity contribution in [2.75, 3.05) is 12.8 Å². The predicted molar refractivity (Wildman–Crippen MR) is 64.1 cm³/mol. The Hall–Kier alpha value is -2.30. The predicted octanol–water partition coefficient (Wildman–Crippen LogP) is 1.55. The van der Waals surface area contributed by atoms with Crippen LogP contribution in [0, 0.1) is 6.92 Å². The number of methoxy groups -OCH3 is 1. The Kier molecular flexibility index (Phi) is 2.82. The maximum Gasteiger partial charge on any atom is 0.337 e. The summed E-state index contributed by atoms with van der Waals surface area (Å²) in [7, 11) is 1.34. The summed E-state index contributed by atoms with van der Waals surface area (Å²) in [6, 6.07) is 6.87. The number of anilines is 1. The number of nitrogen functional groups attached to an aromatic ring is 1. The molecule has 88 valence electrons. The zero-order valence-electron chi connectivity index (χ0n) is 9.68. The summed E-state index contributed by atoms with van der Waals surface area (Å²) < 4.78 is 6.30. The third-order valence-electron chi connectivity index (χ3n) is 2.42. The second-order valence-electron chi connectivity index (χ2n) is 3.67. The van der Waals surface area contributed by atoms with Crippen LogP contribution >= 0.6 is 0 Å². The van der Waals surface area contributed by atoms with Gasteiger partial charge in [-0.25, -0.2) is 9.48 Å². The van der Waals surface area contributed by atoms with Crippen LogP contribution in [0.4, 0.5) is 5.69 Å². The third-order valence-corrected chi connectivity index (χ3v) is 2.42. The number of rotatable bonds is 2. The lowest BCUT2D eigenvalue weighted by Gasteiger charge is -2.07. The summed E-state index contributed by atoms with van der Waals surface area (Å²) in [6.45, 7) is 1.90. The van der Waals surface area contributed by atoms with E-state index in [2.05, 4.69) is 9.84 Å². The molecule has 1 aromatic carbocycles. The molecule has 0 fully saturated rings. The molecule has 5 heteroatoms. The van der Waals surface area contributed by atoms with Crippen molar-refractivity contribution >= 4 is 11.7 Å². The first kappa shape index (κ1) is 11.2. The van der Waals surface area contributed by atoms with Gasteiger partial charge in [-0.15, -0.1) is 0 Å². The number of hydrogen-bond acceptors (Lipinski definition) is 4. The summed E-state index contributed by atoms with van der Waals surface area (Å²) in [5.74, 6) is -0.403. The molecule has 0 saturated carbocycles. The molecule has 2 aromatic rings. The summed E-state index contributed by atoms with van der Waals surface area (Å²) >= 11 is 0. The largest absolute Gasteiger partial charge is 0.465 e. The summed E-state index contributed by atoms with van der Waals surface area (Å²) in [5, 5.41) is 4.26. The molecular formula is C12H13N3O2. The maximum atomic E-state index is 11.3. The number of aromatic nitrogens is 2. The molecule has 0 unspecified atom stereocenters. The molecule has 0 aliphatic heterocycles. The number of nitrogens with two attached hydrogens (primary N) is 1. The number of esters is 1. The summed E-state index contributed by atoms with van der Waals surface area (Å²) in [6.07, 6.45) is 1.82. The molecule has 1 aromatic heterocycles. The number of benzene rings is 1. The standard InChI is InChI=1S/C12H13N3O2/c1-8-5-6-15(14-8)11-4-3-9(7-10(11)13)12(16)17-2/h3-7H,13H2,1-2H3. The molecule has 2 rings (SSSR count). The number of aryl methyl sites for hydroxylation is 1. The molecule has 0 amide bonds. The van der Waals surface area contributed by atoms with Crippen LogP contribution in [0.25, 0.3) is 5.69 Å². The van der Waals surface area contributed by atoms with Gasteiger partial charge in [-0.2, -0.15) is 5.10 Å². The van der Waals surface area contributed by atoms with Crippen LogP contribution < -0.4 is 5.73 Å². The SMILES string of the molecule is COC(=O)c1ccc(-n2ccc(C)n2)c(N)c1. The zero-order valence-corrected chi connectivity index (χ0v) is 9.68. The smallest absolute Gasteiger partial charge is 0.337 e. The number of hydrogen-bond donors (Lipinski definition) is 1. The maximum absolute atomic E-state index is 11.3. The van der Waals surface area contributed by atoms with Gasteiger partial charge < -0.3 is 10.5 Å². The first-order valence-corrected chi connectivity index (χ1v) is 5.12. The Balaban J connectivity index is 2.41. The monoisotopic (exact) mass is 231 g/mol. The van der Waals surface area contributed by atoms with Crippen LogP contribution in [0.3, 0.4) is 0 Å². The van der Waals surface area contributed by atoms with E-state index < -0.39 is 5.97 Å². The highest BCUT2D eigenvalue weighted by atomic mass is 16.5. The highest BCUT2D eigenvalue weighted by Crippen LogP contribution is 2.19. The van der Waals surface area contributed by atoms with E-state index in [9.17, 15) is 4.79 Å². The summed E-state index contributed by atoms with van der Waals surface area (Å²) in [5.41, 5.74) is 8.44. The van der Waals surface area contributed by atoms with Crippen molar-refractivity contribution in [3.63, 3.8) is 0 Å². The van der Waals surface area contributed by atoms with Gasteiger partial charge in [0.2, 0.25) is 0 Å². The van der Waals surface area contributed by atoms with Crippen molar-refractivity contribution in [2.45, 2.75) is 6.92 Å². The fourth-order valence-corrected chi connectivity index (χ4v) is 1.56. The minimum atomic E-state index is -0.403. The minimum absolute atomic E-state index is 0.403. The quantitative estimate of drug-likeness (QED) is 0.628.